The molecule has 2 aromatic rings. The van der Waals surface area contributed by atoms with E-state index in [4.69, 9.17) is 4.98 Å². The third kappa shape index (κ3) is 3.22. The van der Waals surface area contributed by atoms with Crippen LogP contribution in [-0.2, 0) is 13.6 Å². The number of thiazole rings is 1. The predicted octanol–water partition coefficient (Wildman–Crippen LogP) is 1.31. The minimum Gasteiger partial charge on any atom is -0.314 e. The van der Waals surface area contributed by atoms with Gasteiger partial charge in [-0.2, -0.15) is 5.10 Å². The van der Waals surface area contributed by atoms with Crippen LogP contribution in [0, 0.1) is 13.8 Å². The zero-order chi connectivity index (χ0) is 16.6. The van der Waals surface area contributed by atoms with Gasteiger partial charge in [-0.15, -0.1) is 11.3 Å². The van der Waals surface area contributed by atoms with E-state index in [1.807, 2.05) is 13.8 Å². The summed E-state index contributed by atoms with van der Waals surface area (Å²) in [5.41, 5.74) is 3.43. The van der Waals surface area contributed by atoms with E-state index >= 15 is 0 Å². The predicted molar refractivity (Wildman–Crippen MR) is 92.8 cm³/mol. The molecule has 6 nitrogen and oxygen atoms in total. The molecule has 7 heteroatoms. The minimum atomic E-state index is -0.0791. The summed E-state index contributed by atoms with van der Waals surface area (Å²) in [6, 6.07) is 0.506. The summed E-state index contributed by atoms with van der Waals surface area (Å²) in [5.74, 6) is 0. The van der Waals surface area contributed by atoms with Gasteiger partial charge in [0.05, 0.1) is 17.0 Å². The van der Waals surface area contributed by atoms with Gasteiger partial charge in [-0.25, -0.2) is 9.67 Å². The van der Waals surface area contributed by atoms with Crippen molar-refractivity contribution < 1.29 is 0 Å². The molecule has 1 saturated heterocycles. The molecule has 0 aromatic carbocycles. The molecule has 0 bridgehead atoms. The fourth-order valence-corrected chi connectivity index (χ4v) is 3.82. The zero-order valence-electron chi connectivity index (χ0n) is 14.1. The van der Waals surface area contributed by atoms with Gasteiger partial charge in [-0.05, 0) is 26.3 Å². The molecule has 0 radical (unpaired) electrons. The van der Waals surface area contributed by atoms with E-state index in [-0.39, 0.29) is 5.56 Å². The van der Waals surface area contributed by atoms with Crippen LogP contribution in [0.25, 0.3) is 10.6 Å². The maximum atomic E-state index is 12.4. The average molecular weight is 333 g/mol. The quantitative estimate of drug-likeness (QED) is 0.918. The number of aryl methyl sites for hydroxylation is 2. The Balaban J connectivity index is 1.89. The molecule has 3 rings (SSSR count). The second-order valence-electron chi connectivity index (χ2n) is 6.18. The monoisotopic (exact) mass is 333 g/mol. The van der Waals surface area contributed by atoms with Gasteiger partial charge in [0.15, 0.2) is 0 Å². The lowest BCUT2D eigenvalue weighted by Crippen LogP contribution is -2.49. The normalized spacial score (nSPS) is 19.2. The fraction of sp³-hybridized carbons (Fsp3) is 0.562. The van der Waals surface area contributed by atoms with Gasteiger partial charge in [-0.1, -0.05) is 0 Å². The van der Waals surface area contributed by atoms with Crippen LogP contribution >= 0.6 is 11.3 Å². The molecule has 1 N–H and O–H groups in total. The van der Waals surface area contributed by atoms with E-state index in [1.165, 1.54) is 4.68 Å². The molecule has 23 heavy (non-hydrogen) atoms. The molecular weight excluding hydrogens is 310 g/mol. The third-order valence-electron chi connectivity index (χ3n) is 4.50. The fourth-order valence-electron chi connectivity index (χ4n) is 2.92. The van der Waals surface area contributed by atoms with Crippen molar-refractivity contribution in [3.63, 3.8) is 0 Å². The number of piperazine rings is 1. The van der Waals surface area contributed by atoms with Gasteiger partial charge < -0.3 is 5.32 Å². The second-order valence-corrected chi connectivity index (χ2v) is 7.04. The lowest BCUT2D eigenvalue weighted by atomic mass is 10.1. The van der Waals surface area contributed by atoms with E-state index in [1.54, 1.807) is 18.4 Å². The van der Waals surface area contributed by atoms with Gasteiger partial charge in [0, 0.05) is 44.6 Å². The average Bonchev–Trinajstić information content (AvgIpc) is 2.96. The van der Waals surface area contributed by atoms with Crippen LogP contribution in [0.4, 0.5) is 0 Å². The van der Waals surface area contributed by atoms with Crippen LogP contribution in [0.1, 0.15) is 23.9 Å². The minimum absolute atomic E-state index is 0.0791. The van der Waals surface area contributed by atoms with Crippen molar-refractivity contribution in [3.8, 4) is 10.6 Å². The Kier molecular flexibility index (Phi) is 4.61. The summed E-state index contributed by atoms with van der Waals surface area (Å²) in [6.45, 7) is 10.00. The van der Waals surface area contributed by atoms with Gasteiger partial charge in [-0.3, -0.25) is 9.69 Å². The van der Waals surface area contributed by atoms with Crippen LogP contribution in [0.2, 0.25) is 0 Å². The Morgan fingerprint density at radius 2 is 2.22 bits per heavy atom. The summed E-state index contributed by atoms with van der Waals surface area (Å²) in [4.78, 5) is 19.6. The van der Waals surface area contributed by atoms with E-state index in [0.29, 0.717) is 11.6 Å². The van der Waals surface area contributed by atoms with Crippen LogP contribution in [0.3, 0.4) is 0 Å². The second kappa shape index (κ2) is 6.51. The molecule has 1 fully saturated rings. The largest absolute Gasteiger partial charge is 0.314 e. The van der Waals surface area contributed by atoms with Gasteiger partial charge in [0.1, 0.15) is 5.01 Å². The molecule has 124 valence electrons. The Hall–Kier alpha value is -1.57. The maximum Gasteiger partial charge on any atom is 0.277 e. The molecule has 2 aromatic heterocycles. The zero-order valence-corrected chi connectivity index (χ0v) is 14.9. The number of rotatable bonds is 3. The first-order valence-electron chi connectivity index (χ1n) is 7.91. The van der Waals surface area contributed by atoms with Crippen molar-refractivity contribution >= 4 is 11.3 Å². The number of nitrogens with one attached hydrogen (secondary N) is 1. The summed E-state index contributed by atoms with van der Waals surface area (Å²) in [7, 11) is 1.69. The number of nitrogens with zero attached hydrogens (tertiary/aromatic N) is 4. The van der Waals surface area contributed by atoms with E-state index < -0.39 is 0 Å². The highest BCUT2D eigenvalue weighted by Crippen LogP contribution is 2.25. The highest BCUT2D eigenvalue weighted by Gasteiger charge is 2.20. The summed E-state index contributed by atoms with van der Waals surface area (Å²) < 4.78 is 1.40. The molecule has 1 aliphatic heterocycles. The Labute approximate surface area is 140 Å². The Bertz CT molecular complexity index is 766. The van der Waals surface area contributed by atoms with Crippen LogP contribution in [0.15, 0.2) is 10.2 Å². The first-order valence-corrected chi connectivity index (χ1v) is 8.79. The molecule has 0 aliphatic carbocycles. The highest BCUT2D eigenvalue weighted by molar-refractivity contribution is 7.13. The lowest BCUT2D eigenvalue weighted by molar-refractivity contribution is 0.164. The van der Waals surface area contributed by atoms with Crippen molar-refractivity contribution in [2.45, 2.75) is 33.4 Å². The standard InChI is InChI=1S/C16H23N5OS/c1-10-7-17-5-6-21(10)8-13-9-23-15(18-13)14-11(2)12(3)19-20(4)16(14)22/h9-10,17H,5-8H2,1-4H3/t10-/m0/s1. The van der Waals surface area contributed by atoms with Gasteiger partial charge in [0.25, 0.3) is 5.56 Å². The molecule has 0 amide bonds. The summed E-state index contributed by atoms with van der Waals surface area (Å²) >= 11 is 1.54. The topological polar surface area (TPSA) is 63.1 Å². The maximum absolute atomic E-state index is 12.4. The SMILES string of the molecule is Cc1nn(C)c(=O)c(-c2nc(CN3CCNC[C@@H]3C)cs2)c1C. The summed E-state index contributed by atoms with van der Waals surface area (Å²) in [5, 5.41) is 10.5. The van der Waals surface area contributed by atoms with Gasteiger partial charge >= 0.3 is 0 Å². The smallest absolute Gasteiger partial charge is 0.277 e. The Morgan fingerprint density at radius 1 is 1.43 bits per heavy atom. The van der Waals surface area contributed by atoms with Crippen molar-refractivity contribution in [2.75, 3.05) is 19.6 Å². The van der Waals surface area contributed by atoms with Crippen molar-refractivity contribution in [3.05, 3.63) is 32.7 Å². The lowest BCUT2D eigenvalue weighted by Gasteiger charge is -2.33. The van der Waals surface area contributed by atoms with E-state index in [9.17, 15) is 4.79 Å². The molecular formula is C16H23N5OS. The van der Waals surface area contributed by atoms with Crippen LogP contribution < -0.4 is 10.9 Å². The third-order valence-corrected chi connectivity index (χ3v) is 5.40. The highest BCUT2D eigenvalue weighted by atomic mass is 32.1. The summed E-state index contributed by atoms with van der Waals surface area (Å²) in [6.07, 6.45) is 0. The van der Waals surface area contributed by atoms with E-state index in [2.05, 4.69) is 27.6 Å². The molecule has 1 aliphatic rings. The van der Waals surface area contributed by atoms with E-state index in [0.717, 1.165) is 48.1 Å². The van der Waals surface area contributed by atoms with Crippen LogP contribution in [0.5, 0.6) is 0 Å². The molecule has 1 atom stereocenters. The Morgan fingerprint density at radius 3 is 2.96 bits per heavy atom. The molecule has 3 heterocycles. The number of hydrogen-bond donors (Lipinski definition) is 1. The van der Waals surface area contributed by atoms with Crippen molar-refractivity contribution in [2.24, 2.45) is 7.05 Å². The number of aromatic nitrogens is 3. The van der Waals surface area contributed by atoms with Gasteiger partial charge in [0.2, 0.25) is 0 Å². The molecule has 0 spiro atoms. The van der Waals surface area contributed by atoms with Crippen molar-refractivity contribution in [1.82, 2.24) is 25.0 Å². The van der Waals surface area contributed by atoms with Crippen molar-refractivity contribution in [1.29, 1.82) is 0 Å². The number of hydrogen-bond acceptors (Lipinski definition) is 6. The molecule has 0 saturated carbocycles. The van der Waals surface area contributed by atoms with Crippen LogP contribution in [-0.4, -0.2) is 45.3 Å². The molecule has 0 unspecified atom stereocenters. The first-order chi connectivity index (χ1) is 11.0. The first kappa shape index (κ1) is 16.3.